The van der Waals surface area contributed by atoms with Crippen molar-refractivity contribution in [1.29, 1.82) is 5.26 Å². The summed E-state index contributed by atoms with van der Waals surface area (Å²) >= 11 is 0. The molecule has 0 fully saturated rings. The molecular weight excluding hydrogens is 440 g/mol. The quantitative estimate of drug-likeness (QED) is 0.319. The second kappa shape index (κ2) is 10.5. The number of hydrogen-bond donors (Lipinski definition) is 1. The zero-order valence-electron chi connectivity index (χ0n) is 19.4. The molecule has 1 heterocycles. The fourth-order valence-corrected chi connectivity index (χ4v) is 3.68. The fraction of sp³-hybridized carbons (Fsp3) is 0.138. The van der Waals surface area contributed by atoms with Crippen LogP contribution in [-0.4, -0.2) is 18.5 Å². The Morgan fingerprint density at radius 1 is 0.914 bits per heavy atom. The SMILES string of the molecule is CC(C)c1ccc(C(=O)OCC(=O)Nc2oc(-c3ccccc3)c(-c3ccccc3)c2C#N)cc1. The van der Waals surface area contributed by atoms with Gasteiger partial charge in [-0.1, -0.05) is 86.6 Å². The van der Waals surface area contributed by atoms with Gasteiger partial charge in [-0.25, -0.2) is 4.79 Å². The number of benzene rings is 3. The van der Waals surface area contributed by atoms with Crippen LogP contribution in [0.15, 0.2) is 89.3 Å². The maximum atomic E-state index is 12.6. The number of rotatable bonds is 7. The Morgan fingerprint density at radius 3 is 2.09 bits per heavy atom. The summed E-state index contributed by atoms with van der Waals surface area (Å²) in [5, 5.41) is 12.5. The summed E-state index contributed by atoms with van der Waals surface area (Å²) in [5.74, 6) is -0.402. The van der Waals surface area contributed by atoms with E-state index in [1.165, 1.54) is 0 Å². The van der Waals surface area contributed by atoms with Crippen LogP contribution in [0.25, 0.3) is 22.5 Å². The van der Waals surface area contributed by atoms with Crippen molar-refractivity contribution in [3.8, 4) is 28.5 Å². The van der Waals surface area contributed by atoms with Crippen LogP contribution >= 0.6 is 0 Å². The molecule has 1 aromatic heterocycles. The summed E-state index contributed by atoms with van der Waals surface area (Å²) in [7, 11) is 0. The van der Waals surface area contributed by atoms with E-state index in [1.807, 2.05) is 72.8 Å². The van der Waals surface area contributed by atoms with Crippen molar-refractivity contribution < 1.29 is 18.7 Å². The Bertz CT molecular complexity index is 1370. The molecule has 6 nitrogen and oxygen atoms in total. The molecule has 3 aromatic carbocycles. The van der Waals surface area contributed by atoms with E-state index in [1.54, 1.807) is 12.1 Å². The number of carbonyl (C=O) groups excluding carboxylic acids is 2. The first kappa shape index (κ1) is 23.5. The van der Waals surface area contributed by atoms with Crippen LogP contribution in [0, 0.1) is 11.3 Å². The summed E-state index contributed by atoms with van der Waals surface area (Å²) in [4.78, 5) is 25.0. The van der Waals surface area contributed by atoms with Crippen LogP contribution in [0.2, 0.25) is 0 Å². The van der Waals surface area contributed by atoms with Crippen LogP contribution in [0.4, 0.5) is 5.88 Å². The number of hydrogen-bond acceptors (Lipinski definition) is 5. The molecule has 0 radical (unpaired) electrons. The molecule has 0 spiro atoms. The first-order valence-corrected chi connectivity index (χ1v) is 11.2. The molecule has 1 amide bonds. The van der Waals surface area contributed by atoms with Gasteiger partial charge in [0.05, 0.1) is 5.56 Å². The Hall–Kier alpha value is -4.63. The topological polar surface area (TPSA) is 92.3 Å². The second-order valence-corrected chi connectivity index (χ2v) is 8.26. The number of esters is 1. The van der Waals surface area contributed by atoms with Gasteiger partial charge in [0.15, 0.2) is 6.61 Å². The smallest absolute Gasteiger partial charge is 0.338 e. The second-order valence-electron chi connectivity index (χ2n) is 8.26. The normalized spacial score (nSPS) is 10.6. The van der Waals surface area contributed by atoms with E-state index >= 15 is 0 Å². The van der Waals surface area contributed by atoms with Gasteiger partial charge in [0.1, 0.15) is 17.4 Å². The van der Waals surface area contributed by atoms with E-state index in [-0.39, 0.29) is 11.4 Å². The number of amides is 1. The summed E-state index contributed by atoms with van der Waals surface area (Å²) in [6, 6.07) is 27.9. The van der Waals surface area contributed by atoms with E-state index in [9.17, 15) is 14.9 Å². The maximum absolute atomic E-state index is 12.6. The molecule has 1 N–H and O–H groups in total. The molecule has 35 heavy (non-hydrogen) atoms. The fourth-order valence-electron chi connectivity index (χ4n) is 3.68. The minimum Gasteiger partial charge on any atom is -0.452 e. The minimum atomic E-state index is -0.610. The van der Waals surface area contributed by atoms with E-state index in [0.717, 1.165) is 16.7 Å². The minimum absolute atomic E-state index is 0.00698. The first-order valence-electron chi connectivity index (χ1n) is 11.2. The number of anilines is 1. The van der Waals surface area contributed by atoms with Gasteiger partial charge in [-0.05, 0) is 29.2 Å². The van der Waals surface area contributed by atoms with Crippen molar-refractivity contribution >= 4 is 17.8 Å². The van der Waals surface area contributed by atoms with Crippen LogP contribution < -0.4 is 5.32 Å². The predicted octanol–water partition coefficient (Wildman–Crippen LogP) is 6.40. The number of ether oxygens (including phenoxy) is 1. The lowest BCUT2D eigenvalue weighted by Crippen LogP contribution is -2.21. The van der Waals surface area contributed by atoms with Crippen molar-refractivity contribution in [1.82, 2.24) is 0 Å². The molecule has 0 aliphatic carbocycles. The standard InChI is InChI=1S/C29H24N2O4/c1-19(2)20-13-15-23(16-14-20)29(33)34-18-25(32)31-28-24(17-30)26(21-9-5-3-6-10-21)27(35-28)22-11-7-4-8-12-22/h3-16,19H,18H2,1-2H3,(H,31,32). The maximum Gasteiger partial charge on any atom is 0.338 e. The van der Waals surface area contributed by atoms with E-state index in [4.69, 9.17) is 9.15 Å². The molecule has 0 bridgehead atoms. The highest BCUT2D eigenvalue weighted by molar-refractivity contribution is 5.98. The van der Waals surface area contributed by atoms with Crippen LogP contribution in [-0.2, 0) is 9.53 Å². The lowest BCUT2D eigenvalue weighted by molar-refractivity contribution is -0.119. The molecule has 0 atom stereocenters. The lowest BCUT2D eigenvalue weighted by Gasteiger charge is -2.07. The monoisotopic (exact) mass is 464 g/mol. The van der Waals surface area contributed by atoms with Crippen molar-refractivity contribution in [2.45, 2.75) is 19.8 Å². The summed E-state index contributed by atoms with van der Waals surface area (Å²) in [6.45, 7) is 3.61. The zero-order chi connectivity index (χ0) is 24.8. The largest absolute Gasteiger partial charge is 0.452 e. The lowest BCUT2D eigenvalue weighted by atomic mass is 9.98. The molecule has 0 aliphatic heterocycles. The third-order valence-corrected chi connectivity index (χ3v) is 5.52. The highest BCUT2D eigenvalue weighted by Gasteiger charge is 2.24. The van der Waals surface area contributed by atoms with E-state index in [0.29, 0.717) is 22.8 Å². The molecule has 6 heteroatoms. The Labute approximate surface area is 203 Å². The number of nitrogens with zero attached hydrogens (tertiary/aromatic N) is 1. The summed E-state index contributed by atoms with van der Waals surface area (Å²) in [6.07, 6.45) is 0. The van der Waals surface area contributed by atoms with Crippen molar-refractivity contribution in [2.24, 2.45) is 0 Å². The molecule has 4 rings (SSSR count). The number of furan rings is 1. The molecule has 0 saturated heterocycles. The molecular formula is C29H24N2O4. The summed E-state index contributed by atoms with van der Waals surface area (Å²) < 4.78 is 11.1. The molecule has 4 aromatic rings. The van der Waals surface area contributed by atoms with Gasteiger partial charge >= 0.3 is 5.97 Å². The third kappa shape index (κ3) is 5.31. The van der Waals surface area contributed by atoms with Crippen molar-refractivity contribution in [3.05, 3.63) is 102 Å². The number of nitrogens with one attached hydrogen (secondary N) is 1. The molecule has 0 aliphatic rings. The average Bonchev–Trinajstić information content (AvgIpc) is 3.26. The van der Waals surface area contributed by atoms with Crippen LogP contribution in [0.5, 0.6) is 0 Å². The number of nitriles is 1. The summed E-state index contributed by atoms with van der Waals surface area (Å²) in [5.41, 5.74) is 3.78. The highest BCUT2D eigenvalue weighted by Crippen LogP contribution is 2.41. The van der Waals surface area contributed by atoms with Crippen LogP contribution in [0.3, 0.4) is 0 Å². The van der Waals surface area contributed by atoms with Gasteiger partial charge < -0.3 is 9.15 Å². The Kier molecular flexibility index (Phi) is 7.08. The van der Waals surface area contributed by atoms with Gasteiger partial charge in [0, 0.05) is 11.1 Å². The third-order valence-electron chi connectivity index (χ3n) is 5.52. The van der Waals surface area contributed by atoms with E-state index in [2.05, 4.69) is 25.2 Å². The van der Waals surface area contributed by atoms with Crippen molar-refractivity contribution in [3.63, 3.8) is 0 Å². The molecule has 174 valence electrons. The van der Waals surface area contributed by atoms with E-state index < -0.39 is 18.5 Å². The molecule has 0 unspecified atom stereocenters. The average molecular weight is 465 g/mol. The zero-order valence-corrected chi connectivity index (χ0v) is 19.4. The predicted molar refractivity (Wildman–Crippen MR) is 134 cm³/mol. The van der Waals surface area contributed by atoms with Gasteiger partial charge in [0.25, 0.3) is 5.91 Å². The van der Waals surface area contributed by atoms with Gasteiger partial charge in [-0.15, -0.1) is 0 Å². The Balaban J connectivity index is 1.55. The Morgan fingerprint density at radius 2 is 1.51 bits per heavy atom. The van der Waals surface area contributed by atoms with Gasteiger partial charge in [0.2, 0.25) is 5.88 Å². The first-order chi connectivity index (χ1) is 17.0. The van der Waals surface area contributed by atoms with Gasteiger partial charge in [-0.2, -0.15) is 5.26 Å². The van der Waals surface area contributed by atoms with Crippen molar-refractivity contribution in [2.75, 3.05) is 11.9 Å². The highest BCUT2D eigenvalue weighted by atomic mass is 16.5. The molecule has 0 saturated carbocycles. The van der Waals surface area contributed by atoms with Gasteiger partial charge in [-0.3, -0.25) is 10.1 Å². The van der Waals surface area contributed by atoms with Crippen LogP contribution in [0.1, 0.15) is 41.3 Å². The number of carbonyl (C=O) groups is 2.